The molecule has 2 aromatic rings. The van der Waals surface area contributed by atoms with Crippen molar-refractivity contribution >= 4 is 38.9 Å². The molecule has 0 unspecified atom stereocenters. The van der Waals surface area contributed by atoms with E-state index in [9.17, 15) is 14.5 Å². The Labute approximate surface area is 127 Å². The van der Waals surface area contributed by atoms with Crippen LogP contribution in [0.2, 0.25) is 5.02 Å². The van der Waals surface area contributed by atoms with Crippen LogP contribution in [0.25, 0.3) is 0 Å². The molecule has 0 aliphatic heterocycles. The molecule has 104 valence electrons. The molecule has 0 aliphatic carbocycles. The summed E-state index contributed by atoms with van der Waals surface area (Å²) in [5.74, 6) is -0.501. The second kappa shape index (κ2) is 6.19. The van der Waals surface area contributed by atoms with Crippen LogP contribution in [0.3, 0.4) is 0 Å². The van der Waals surface area contributed by atoms with Gasteiger partial charge < -0.3 is 5.32 Å². The quantitative estimate of drug-likeness (QED) is 0.632. The van der Waals surface area contributed by atoms with Crippen LogP contribution in [-0.4, -0.2) is 4.92 Å². The molecular weight excluding hydrogens is 351 g/mol. The van der Waals surface area contributed by atoms with E-state index in [1.165, 1.54) is 24.3 Å². The molecule has 0 fully saturated rings. The van der Waals surface area contributed by atoms with Crippen molar-refractivity contribution < 1.29 is 9.31 Å². The summed E-state index contributed by atoms with van der Waals surface area (Å²) in [5.41, 5.74) is 1.42. The molecule has 0 radical (unpaired) electrons. The topological polar surface area (TPSA) is 55.2 Å². The van der Waals surface area contributed by atoms with Crippen molar-refractivity contribution in [2.24, 2.45) is 0 Å². The van der Waals surface area contributed by atoms with Crippen LogP contribution >= 0.6 is 27.5 Å². The van der Waals surface area contributed by atoms with E-state index in [2.05, 4.69) is 21.2 Å². The van der Waals surface area contributed by atoms with Gasteiger partial charge in [0.05, 0.1) is 9.95 Å². The van der Waals surface area contributed by atoms with Gasteiger partial charge in [0.15, 0.2) is 0 Å². The van der Waals surface area contributed by atoms with Crippen LogP contribution in [0, 0.1) is 15.9 Å². The molecule has 20 heavy (non-hydrogen) atoms. The molecule has 0 saturated heterocycles. The highest BCUT2D eigenvalue weighted by Gasteiger charge is 2.09. The Kier molecular flexibility index (Phi) is 4.57. The number of nitro groups is 1. The predicted octanol–water partition coefficient (Wildman–Crippen LogP) is 4.76. The molecule has 0 spiro atoms. The van der Waals surface area contributed by atoms with Crippen LogP contribution in [0.15, 0.2) is 40.9 Å². The number of anilines is 1. The van der Waals surface area contributed by atoms with E-state index in [1.807, 2.05) is 0 Å². The number of nitro benzene ring substituents is 1. The maximum atomic E-state index is 13.3. The van der Waals surface area contributed by atoms with Crippen molar-refractivity contribution in [1.29, 1.82) is 0 Å². The third kappa shape index (κ3) is 3.46. The van der Waals surface area contributed by atoms with Crippen molar-refractivity contribution in [2.45, 2.75) is 6.54 Å². The van der Waals surface area contributed by atoms with E-state index in [4.69, 9.17) is 11.6 Å². The summed E-state index contributed by atoms with van der Waals surface area (Å²) in [5, 5.41) is 13.7. The van der Waals surface area contributed by atoms with Crippen molar-refractivity contribution in [3.05, 3.63) is 67.4 Å². The van der Waals surface area contributed by atoms with E-state index in [0.29, 0.717) is 16.7 Å². The zero-order valence-electron chi connectivity index (χ0n) is 10.1. The fourth-order valence-corrected chi connectivity index (χ4v) is 2.22. The van der Waals surface area contributed by atoms with Crippen LogP contribution in [0.5, 0.6) is 0 Å². The van der Waals surface area contributed by atoms with Crippen LogP contribution in [-0.2, 0) is 6.54 Å². The van der Waals surface area contributed by atoms with Gasteiger partial charge >= 0.3 is 0 Å². The molecule has 4 nitrogen and oxygen atoms in total. The first-order valence-corrected chi connectivity index (χ1v) is 6.76. The van der Waals surface area contributed by atoms with Crippen LogP contribution in [0.1, 0.15) is 5.56 Å². The zero-order chi connectivity index (χ0) is 14.7. The first-order chi connectivity index (χ1) is 9.47. The Morgan fingerprint density at radius 3 is 2.65 bits per heavy atom. The normalized spacial score (nSPS) is 10.3. The Bertz CT molecular complexity index is 667. The monoisotopic (exact) mass is 358 g/mol. The van der Waals surface area contributed by atoms with Gasteiger partial charge in [-0.15, -0.1) is 0 Å². The molecule has 0 aliphatic rings. The summed E-state index contributed by atoms with van der Waals surface area (Å²) >= 11 is 8.87. The molecule has 7 heteroatoms. The van der Waals surface area contributed by atoms with E-state index in [0.717, 1.165) is 5.56 Å². The lowest BCUT2D eigenvalue weighted by Crippen LogP contribution is -2.01. The number of rotatable bonds is 4. The summed E-state index contributed by atoms with van der Waals surface area (Å²) in [6, 6.07) is 8.90. The largest absolute Gasteiger partial charge is 0.381 e. The standard InChI is InChI=1S/C13H9BrClFN2O2/c14-11-6-10(18(19)20)3-1-8(11)7-17-9-2-4-12(15)13(16)5-9/h1-6,17H,7H2. The van der Waals surface area contributed by atoms with E-state index in [-0.39, 0.29) is 10.7 Å². The summed E-state index contributed by atoms with van der Waals surface area (Å²) in [6.45, 7) is 0.402. The summed E-state index contributed by atoms with van der Waals surface area (Å²) in [7, 11) is 0. The number of benzene rings is 2. The SMILES string of the molecule is O=[N+]([O-])c1ccc(CNc2ccc(Cl)c(F)c2)c(Br)c1. The third-order valence-electron chi connectivity index (χ3n) is 2.65. The molecule has 0 heterocycles. The zero-order valence-corrected chi connectivity index (χ0v) is 12.4. The number of non-ortho nitro benzene ring substituents is 1. The van der Waals surface area contributed by atoms with Crippen molar-refractivity contribution in [3.63, 3.8) is 0 Å². The highest BCUT2D eigenvalue weighted by Crippen LogP contribution is 2.24. The molecule has 2 rings (SSSR count). The van der Waals surface area contributed by atoms with Gasteiger partial charge in [-0.1, -0.05) is 27.5 Å². The Hall–Kier alpha value is -1.66. The predicted molar refractivity (Wildman–Crippen MR) is 79.5 cm³/mol. The van der Waals surface area contributed by atoms with Gasteiger partial charge in [-0.2, -0.15) is 0 Å². The number of nitrogens with zero attached hydrogens (tertiary/aromatic N) is 1. The molecule has 0 saturated carbocycles. The van der Waals surface area contributed by atoms with Crippen LogP contribution < -0.4 is 5.32 Å². The number of hydrogen-bond donors (Lipinski definition) is 1. The molecule has 1 N–H and O–H groups in total. The Morgan fingerprint density at radius 1 is 1.30 bits per heavy atom. The summed E-state index contributed by atoms with van der Waals surface area (Å²) in [6.07, 6.45) is 0. The maximum Gasteiger partial charge on any atom is 0.270 e. The first kappa shape index (κ1) is 14.7. The molecule has 0 amide bonds. The van der Waals surface area contributed by atoms with Gasteiger partial charge in [0.1, 0.15) is 5.82 Å². The van der Waals surface area contributed by atoms with Gasteiger partial charge in [0, 0.05) is 28.8 Å². The Morgan fingerprint density at radius 2 is 2.05 bits per heavy atom. The van der Waals surface area contributed by atoms with Crippen LogP contribution in [0.4, 0.5) is 15.8 Å². The number of halogens is 3. The van der Waals surface area contributed by atoms with E-state index >= 15 is 0 Å². The van der Waals surface area contributed by atoms with Crippen molar-refractivity contribution in [3.8, 4) is 0 Å². The minimum Gasteiger partial charge on any atom is -0.381 e. The Balaban J connectivity index is 2.10. The highest BCUT2D eigenvalue weighted by atomic mass is 79.9. The fourth-order valence-electron chi connectivity index (χ4n) is 1.60. The lowest BCUT2D eigenvalue weighted by Gasteiger charge is -2.08. The smallest absolute Gasteiger partial charge is 0.270 e. The van der Waals surface area contributed by atoms with Gasteiger partial charge in [-0.3, -0.25) is 10.1 Å². The number of hydrogen-bond acceptors (Lipinski definition) is 3. The lowest BCUT2D eigenvalue weighted by molar-refractivity contribution is -0.384. The molecule has 0 atom stereocenters. The molecule has 0 bridgehead atoms. The summed E-state index contributed by atoms with van der Waals surface area (Å²) in [4.78, 5) is 10.2. The number of nitrogens with one attached hydrogen (secondary N) is 1. The average molecular weight is 360 g/mol. The first-order valence-electron chi connectivity index (χ1n) is 5.59. The molecule has 0 aromatic heterocycles. The highest BCUT2D eigenvalue weighted by molar-refractivity contribution is 9.10. The molecule has 2 aromatic carbocycles. The van der Waals surface area contributed by atoms with Crippen molar-refractivity contribution in [1.82, 2.24) is 0 Å². The van der Waals surface area contributed by atoms with E-state index in [1.54, 1.807) is 12.1 Å². The van der Waals surface area contributed by atoms with E-state index < -0.39 is 10.7 Å². The molecular formula is C13H9BrClFN2O2. The average Bonchev–Trinajstić information content (AvgIpc) is 2.41. The van der Waals surface area contributed by atoms with Gasteiger partial charge in [-0.25, -0.2) is 4.39 Å². The lowest BCUT2D eigenvalue weighted by atomic mass is 10.2. The second-order valence-electron chi connectivity index (χ2n) is 4.02. The van der Waals surface area contributed by atoms with Crippen molar-refractivity contribution in [2.75, 3.05) is 5.32 Å². The van der Waals surface area contributed by atoms with Gasteiger partial charge in [0.2, 0.25) is 0 Å². The fraction of sp³-hybridized carbons (Fsp3) is 0.0769. The third-order valence-corrected chi connectivity index (χ3v) is 3.69. The van der Waals surface area contributed by atoms with Gasteiger partial charge in [0.25, 0.3) is 5.69 Å². The van der Waals surface area contributed by atoms with Gasteiger partial charge in [-0.05, 0) is 29.8 Å². The second-order valence-corrected chi connectivity index (χ2v) is 5.28. The maximum absolute atomic E-state index is 13.3. The minimum absolute atomic E-state index is 0.0122. The summed E-state index contributed by atoms with van der Waals surface area (Å²) < 4.78 is 13.9. The minimum atomic E-state index is -0.501.